The first-order valence-corrected chi connectivity index (χ1v) is 16.7. The van der Waals surface area contributed by atoms with Crippen LogP contribution < -0.4 is 24.4 Å². The first-order chi connectivity index (χ1) is 22.5. The van der Waals surface area contributed by atoms with Crippen LogP contribution in [0.15, 0.2) is 57.5 Å². The molecule has 4 heterocycles. The van der Waals surface area contributed by atoms with Crippen molar-refractivity contribution in [1.29, 1.82) is 5.26 Å². The average molecular weight is 667 g/mol. The molecule has 5 aromatic rings. The van der Waals surface area contributed by atoms with Gasteiger partial charge in [-0.05, 0) is 93.8 Å². The highest BCUT2D eigenvalue weighted by molar-refractivity contribution is 7.15. The molecule has 0 aliphatic carbocycles. The van der Waals surface area contributed by atoms with Gasteiger partial charge in [0.1, 0.15) is 28.6 Å². The van der Waals surface area contributed by atoms with Gasteiger partial charge in [-0.15, -0.1) is 11.3 Å². The number of aromatic nitrogens is 2. The van der Waals surface area contributed by atoms with Crippen LogP contribution in [-0.4, -0.2) is 35.9 Å². The standard InChI is InChI=1S/C36H34N4O5S2/c1-9-45-35(42)30-20(4)38-36-40(32(30)31-26-16-25(43-7)12-10-23(26)11-13-28(31)44-8)33(41)29(47-36)15-24-14-18(2)39(21(24)5)34-27(17-37)19(3)22(6)46-34/h10-16,32H,9H2,1-8H3/b29-15-. The Balaban J connectivity index is 1.63. The Labute approximate surface area is 279 Å². The zero-order valence-corrected chi connectivity index (χ0v) is 29.1. The molecule has 0 fully saturated rings. The molecule has 1 aliphatic heterocycles. The molecule has 1 aliphatic rings. The second-order valence-corrected chi connectivity index (χ2v) is 13.5. The summed E-state index contributed by atoms with van der Waals surface area (Å²) in [5.74, 6) is 0.595. The number of benzene rings is 2. The van der Waals surface area contributed by atoms with Gasteiger partial charge in [0.15, 0.2) is 4.80 Å². The maximum Gasteiger partial charge on any atom is 0.338 e. The number of carbonyl (C=O) groups excluding carboxylic acids is 1. The highest BCUT2D eigenvalue weighted by Crippen LogP contribution is 2.41. The van der Waals surface area contributed by atoms with Gasteiger partial charge in [-0.2, -0.15) is 5.26 Å². The number of hydrogen-bond donors (Lipinski definition) is 0. The topological polar surface area (TPSA) is 108 Å². The zero-order chi connectivity index (χ0) is 33.7. The van der Waals surface area contributed by atoms with Crippen LogP contribution in [0.25, 0.3) is 21.8 Å². The van der Waals surface area contributed by atoms with Gasteiger partial charge in [0, 0.05) is 21.8 Å². The number of nitriles is 1. The van der Waals surface area contributed by atoms with Crippen molar-refractivity contribution in [2.24, 2.45) is 4.99 Å². The zero-order valence-electron chi connectivity index (χ0n) is 27.5. The van der Waals surface area contributed by atoms with Crippen molar-refractivity contribution in [1.82, 2.24) is 9.13 Å². The van der Waals surface area contributed by atoms with Gasteiger partial charge in [0.25, 0.3) is 5.56 Å². The minimum atomic E-state index is -0.874. The highest BCUT2D eigenvalue weighted by Gasteiger charge is 2.36. The summed E-state index contributed by atoms with van der Waals surface area (Å²) in [5, 5.41) is 12.5. The van der Waals surface area contributed by atoms with E-state index in [1.54, 1.807) is 44.0 Å². The first kappa shape index (κ1) is 32.0. The van der Waals surface area contributed by atoms with Crippen molar-refractivity contribution < 1.29 is 19.0 Å². The molecule has 11 heteroatoms. The largest absolute Gasteiger partial charge is 0.497 e. The number of thiazole rings is 1. The number of esters is 1. The summed E-state index contributed by atoms with van der Waals surface area (Å²) in [4.78, 5) is 34.4. The molecule has 0 saturated carbocycles. The molecular weight excluding hydrogens is 633 g/mol. The molecule has 2 aromatic carbocycles. The Morgan fingerprint density at radius 1 is 1.06 bits per heavy atom. The van der Waals surface area contributed by atoms with Gasteiger partial charge in [-0.1, -0.05) is 23.5 Å². The summed E-state index contributed by atoms with van der Waals surface area (Å²) in [6.45, 7) is 11.6. The molecule has 9 nitrogen and oxygen atoms in total. The third-order valence-electron chi connectivity index (χ3n) is 8.68. The average Bonchev–Trinajstić information content (AvgIpc) is 3.62. The Hall–Kier alpha value is -4.92. The lowest BCUT2D eigenvalue weighted by atomic mass is 9.90. The van der Waals surface area contributed by atoms with Crippen LogP contribution in [0.1, 0.15) is 58.4 Å². The molecule has 1 atom stereocenters. The maximum atomic E-state index is 14.5. The van der Waals surface area contributed by atoms with Crippen molar-refractivity contribution in [2.75, 3.05) is 20.8 Å². The number of nitrogens with zero attached hydrogens (tertiary/aromatic N) is 4. The van der Waals surface area contributed by atoms with Crippen LogP contribution in [0.2, 0.25) is 0 Å². The molecular formula is C36H34N4O5S2. The predicted molar refractivity (Wildman–Crippen MR) is 185 cm³/mol. The monoisotopic (exact) mass is 666 g/mol. The fourth-order valence-corrected chi connectivity index (χ4v) is 8.49. The molecule has 0 saturated heterocycles. The van der Waals surface area contributed by atoms with Crippen LogP contribution in [0.3, 0.4) is 0 Å². The minimum absolute atomic E-state index is 0.166. The SMILES string of the molecule is CCOC(=O)C1=C(C)N=c2s/c(=C\c3cc(C)n(-c4sc(C)c(C)c4C#N)c3C)c(=O)n2C1c1c(OC)ccc2ccc(OC)cc12. The van der Waals surface area contributed by atoms with Gasteiger partial charge in [-0.3, -0.25) is 9.36 Å². The fraction of sp³-hybridized carbons (Fsp3) is 0.278. The first-order valence-electron chi connectivity index (χ1n) is 15.1. The summed E-state index contributed by atoms with van der Waals surface area (Å²) in [5.41, 5.74) is 5.43. The Morgan fingerprint density at radius 3 is 2.49 bits per heavy atom. The number of thiophene rings is 1. The number of methoxy groups -OCH3 is 2. The van der Waals surface area contributed by atoms with E-state index in [4.69, 9.17) is 19.2 Å². The lowest BCUT2D eigenvalue weighted by Crippen LogP contribution is -2.40. The van der Waals surface area contributed by atoms with Crippen molar-refractivity contribution >= 4 is 45.5 Å². The molecule has 47 heavy (non-hydrogen) atoms. The summed E-state index contributed by atoms with van der Waals surface area (Å²) in [6.07, 6.45) is 1.87. The highest BCUT2D eigenvalue weighted by atomic mass is 32.1. The summed E-state index contributed by atoms with van der Waals surface area (Å²) < 4.78 is 21.1. The predicted octanol–water partition coefficient (Wildman–Crippen LogP) is 5.93. The van der Waals surface area contributed by atoms with Crippen LogP contribution in [0, 0.1) is 39.0 Å². The summed E-state index contributed by atoms with van der Waals surface area (Å²) >= 11 is 2.85. The molecule has 0 radical (unpaired) electrons. The number of rotatable bonds is 7. The maximum absolute atomic E-state index is 14.5. The number of fused-ring (bicyclic) bond motifs is 2. The number of aryl methyl sites for hydroxylation is 2. The normalized spacial score (nSPS) is 14.6. The van der Waals surface area contributed by atoms with Crippen molar-refractivity contribution in [3.8, 4) is 22.6 Å². The van der Waals surface area contributed by atoms with E-state index in [2.05, 4.69) is 10.6 Å². The van der Waals surface area contributed by atoms with Crippen LogP contribution >= 0.6 is 22.7 Å². The van der Waals surface area contributed by atoms with Crippen LogP contribution in [0.5, 0.6) is 11.5 Å². The molecule has 0 bridgehead atoms. The van der Waals surface area contributed by atoms with E-state index in [9.17, 15) is 14.9 Å². The Morgan fingerprint density at radius 2 is 1.81 bits per heavy atom. The van der Waals surface area contributed by atoms with Gasteiger partial charge in [-0.25, -0.2) is 9.79 Å². The summed E-state index contributed by atoms with van der Waals surface area (Å²) in [6, 6.07) is 13.0. The molecule has 0 N–H and O–H groups in total. The second-order valence-electron chi connectivity index (χ2n) is 11.3. The Kier molecular flexibility index (Phi) is 8.42. The van der Waals surface area contributed by atoms with E-state index < -0.39 is 12.0 Å². The lowest BCUT2D eigenvalue weighted by Gasteiger charge is -2.27. The summed E-state index contributed by atoms with van der Waals surface area (Å²) in [7, 11) is 3.16. The van der Waals surface area contributed by atoms with Crippen molar-refractivity contribution in [3.05, 3.63) is 106 Å². The van der Waals surface area contributed by atoms with E-state index >= 15 is 0 Å². The molecule has 6 rings (SSSR count). The quantitative estimate of drug-likeness (QED) is 0.200. The van der Waals surface area contributed by atoms with Crippen molar-refractivity contribution in [2.45, 2.75) is 47.6 Å². The molecule has 240 valence electrons. The molecule has 0 amide bonds. The van der Waals surface area contributed by atoms with E-state index in [0.717, 1.165) is 43.2 Å². The van der Waals surface area contributed by atoms with E-state index in [-0.39, 0.29) is 17.7 Å². The number of allylic oxidation sites excluding steroid dienone is 1. The van der Waals surface area contributed by atoms with E-state index in [0.29, 0.717) is 37.7 Å². The third kappa shape index (κ3) is 5.18. The van der Waals surface area contributed by atoms with Crippen molar-refractivity contribution in [3.63, 3.8) is 0 Å². The third-order valence-corrected chi connectivity index (χ3v) is 10.9. The van der Waals surface area contributed by atoms with Gasteiger partial charge < -0.3 is 18.8 Å². The smallest absolute Gasteiger partial charge is 0.338 e. The molecule has 3 aromatic heterocycles. The molecule has 1 unspecified atom stereocenters. The number of hydrogen-bond acceptors (Lipinski definition) is 9. The van der Waals surface area contributed by atoms with E-state index in [1.807, 2.05) is 70.2 Å². The van der Waals surface area contributed by atoms with Gasteiger partial charge in [0.2, 0.25) is 0 Å². The van der Waals surface area contributed by atoms with Crippen LogP contribution in [0.4, 0.5) is 0 Å². The Bertz CT molecular complexity index is 2360. The van der Waals surface area contributed by atoms with Gasteiger partial charge >= 0.3 is 5.97 Å². The lowest BCUT2D eigenvalue weighted by molar-refractivity contribution is -0.139. The van der Waals surface area contributed by atoms with Crippen LogP contribution in [-0.2, 0) is 9.53 Å². The molecule has 0 spiro atoms. The number of carbonyl (C=O) groups is 1. The second kappa shape index (κ2) is 12.4. The number of ether oxygens (including phenoxy) is 3. The van der Waals surface area contributed by atoms with Gasteiger partial charge in [0.05, 0.1) is 42.2 Å². The minimum Gasteiger partial charge on any atom is -0.497 e. The fourth-order valence-electron chi connectivity index (χ4n) is 6.24. The van der Waals surface area contributed by atoms with E-state index in [1.165, 1.54) is 11.3 Å².